The lowest BCUT2D eigenvalue weighted by molar-refractivity contribution is -0.123. The average molecular weight is 981 g/mol. The third-order valence-corrected chi connectivity index (χ3v) is 15.4. The van der Waals surface area contributed by atoms with Crippen LogP contribution in [0.3, 0.4) is 0 Å². The summed E-state index contributed by atoms with van der Waals surface area (Å²) >= 11 is 0. The van der Waals surface area contributed by atoms with Gasteiger partial charge in [-0.15, -0.1) is 0 Å². The lowest BCUT2D eigenvalue weighted by atomic mass is 9.66. The van der Waals surface area contributed by atoms with Crippen molar-refractivity contribution in [3.63, 3.8) is 0 Å². The molecule has 9 aromatic rings. The monoisotopic (exact) mass is 980 g/mol. The summed E-state index contributed by atoms with van der Waals surface area (Å²) in [5.74, 6) is -4.97. The van der Waals surface area contributed by atoms with Crippen LogP contribution in [-0.4, -0.2) is 23.6 Å². The first-order chi connectivity index (χ1) is 37.5. The van der Waals surface area contributed by atoms with Gasteiger partial charge in [0, 0.05) is 0 Å². The van der Waals surface area contributed by atoms with E-state index in [2.05, 4.69) is 48.5 Å². The summed E-state index contributed by atoms with van der Waals surface area (Å²) in [5.41, 5.74) is 14.5. The first kappa shape index (κ1) is 46.0. The SMILES string of the molecule is O=C1C2C(c3ccccc3)=C(c3ccccc3)C(c3ccccc3)=C(c3ccccc3)C2C(=O)N1c1ccc(N2C(=O)C3C(c4ccccc4)=C(c4ccccc4)C(c4ccccc4)=C(c4ccccc4)C3C2=O)cc1. The maximum Gasteiger partial charge on any atom is 0.242 e. The Labute approximate surface area is 441 Å². The normalized spacial score (nSPS) is 19.4. The Morgan fingerprint density at radius 2 is 0.355 bits per heavy atom. The van der Waals surface area contributed by atoms with Gasteiger partial charge in [-0.2, -0.15) is 0 Å². The Bertz CT molecular complexity index is 3360. The van der Waals surface area contributed by atoms with Crippen molar-refractivity contribution in [2.45, 2.75) is 0 Å². The number of imide groups is 2. The Kier molecular flexibility index (Phi) is 11.7. The molecule has 0 N–H and O–H groups in total. The van der Waals surface area contributed by atoms with Gasteiger partial charge in [0.1, 0.15) is 0 Å². The van der Waals surface area contributed by atoms with E-state index in [0.29, 0.717) is 11.4 Å². The second-order valence-corrected chi connectivity index (χ2v) is 19.5. The predicted molar refractivity (Wildman–Crippen MR) is 304 cm³/mol. The highest BCUT2D eigenvalue weighted by Gasteiger charge is 2.57. The molecule has 0 radical (unpaired) electrons. The first-order valence-corrected chi connectivity index (χ1v) is 25.7. The largest absolute Gasteiger partial charge is 0.273 e. The van der Waals surface area contributed by atoms with Crippen molar-refractivity contribution in [3.8, 4) is 0 Å². The molecule has 13 rings (SSSR count). The maximum absolute atomic E-state index is 15.7. The second-order valence-electron chi connectivity index (χ2n) is 19.5. The number of carbonyl (C=O) groups is 4. The lowest BCUT2D eigenvalue weighted by Crippen LogP contribution is -2.32. The van der Waals surface area contributed by atoms with Gasteiger partial charge in [-0.05, 0) is 113 Å². The van der Waals surface area contributed by atoms with Crippen LogP contribution in [0.25, 0.3) is 44.6 Å². The van der Waals surface area contributed by atoms with E-state index in [4.69, 9.17) is 0 Å². The van der Waals surface area contributed by atoms with Gasteiger partial charge in [-0.1, -0.05) is 243 Å². The minimum absolute atomic E-state index is 0.347. The highest BCUT2D eigenvalue weighted by Crippen LogP contribution is 2.59. The van der Waals surface area contributed by atoms with Crippen molar-refractivity contribution < 1.29 is 19.2 Å². The molecule has 2 saturated heterocycles. The molecule has 2 heterocycles. The molecule has 0 spiro atoms. The Morgan fingerprint density at radius 1 is 0.197 bits per heavy atom. The summed E-state index contributed by atoms with van der Waals surface area (Å²) in [6.07, 6.45) is 0. The molecule has 4 aliphatic rings. The van der Waals surface area contributed by atoms with Crippen LogP contribution < -0.4 is 9.80 Å². The molecule has 0 bridgehead atoms. The van der Waals surface area contributed by atoms with E-state index in [0.717, 1.165) is 89.1 Å². The van der Waals surface area contributed by atoms with E-state index >= 15 is 19.2 Å². The Hall–Kier alpha value is -9.78. The lowest BCUT2D eigenvalue weighted by Gasteiger charge is -2.34. The van der Waals surface area contributed by atoms with E-state index < -0.39 is 23.7 Å². The van der Waals surface area contributed by atoms with Gasteiger partial charge in [0.15, 0.2) is 0 Å². The molecule has 0 aromatic heterocycles. The summed E-state index contributed by atoms with van der Waals surface area (Å²) in [4.78, 5) is 65.5. The van der Waals surface area contributed by atoms with Gasteiger partial charge >= 0.3 is 0 Å². The number of fused-ring (bicyclic) bond motifs is 2. The van der Waals surface area contributed by atoms with Crippen LogP contribution in [0.2, 0.25) is 0 Å². The molecular formula is C70H48N2O4. The number of hydrogen-bond acceptors (Lipinski definition) is 4. The fraction of sp³-hybridized carbons (Fsp3) is 0.0571. The molecule has 76 heavy (non-hydrogen) atoms. The molecule has 2 fully saturated rings. The quantitative estimate of drug-likeness (QED) is 0.128. The third kappa shape index (κ3) is 7.56. The van der Waals surface area contributed by atoms with Crippen molar-refractivity contribution in [1.29, 1.82) is 0 Å². The summed E-state index contributed by atoms with van der Waals surface area (Å²) < 4.78 is 0. The van der Waals surface area contributed by atoms with Crippen molar-refractivity contribution in [1.82, 2.24) is 0 Å². The second kappa shape index (κ2) is 19.2. The van der Waals surface area contributed by atoms with Crippen LogP contribution in [0.1, 0.15) is 44.5 Å². The molecule has 6 nitrogen and oxygen atoms in total. The molecule has 2 aliphatic carbocycles. The highest BCUT2D eigenvalue weighted by molar-refractivity contribution is 6.38. The van der Waals surface area contributed by atoms with E-state index in [1.165, 1.54) is 9.80 Å². The fourth-order valence-corrected chi connectivity index (χ4v) is 12.3. The molecule has 362 valence electrons. The molecule has 9 aromatic carbocycles. The fourth-order valence-electron chi connectivity index (χ4n) is 12.3. The predicted octanol–water partition coefficient (Wildman–Crippen LogP) is 14.4. The van der Waals surface area contributed by atoms with Crippen molar-refractivity contribution in [2.24, 2.45) is 23.7 Å². The van der Waals surface area contributed by atoms with Crippen molar-refractivity contribution in [3.05, 3.63) is 311 Å². The van der Waals surface area contributed by atoms with Crippen molar-refractivity contribution >= 4 is 79.6 Å². The van der Waals surface area contributed by atoms with Crippen LogP contribution in [0.4, 0.5) is 11.4 Å². The standard InChI is InChI=1S/C70H48N2O4/c73-67-63-59(49-33-17-5-18-34-49)55(45-25-9-1-10-26-45)56(46-27-11-2-12-28-46)60(50-35-19-6-20-36-50)64(63)68(74)71(67)53-41-43-54(44-42-53)72-69(75)65-61(51-37-21-7-22-38-51)57(47-29-13-3-14-30-47)58(48-31-15-4-16-32-48)62(66(65)70(72)76)52-39-23-8-24-40-52/h1-44,63-66H. The minimum Gasteiger partial charge on any atom is -0.273 e. The summed E-state index contributed by atoms with van der Waals surface area (Å²) in [5, 5.41) is 0. The summed E-state index contributed by atoms with van der Waals surface area (Å²) in [7, 11) is 0. The highest BCUT2D eigenvalue weighted by atomic mass is 16.2. The number of nitrogens with zero attached hydrogens (tertiary/aromatic N) is 2. The van der Waals surface area contributed by atoms with Gasteiger partial charge in [-0.25, -0.2) is 9.80 Å². The van der Waals surface area contributed by atoms with Crippen LogP contribution in [0.15, 0.2) is 267 Å². The van der Waals surface area contributed by atoms with Gasteiger partial charge in [0.25, 0.3) is 0 Å². The number of allylic oxidation sites excluding steroid dienone is 4. The van der Waals surface area contributed by atoms with Crippen molar-refractivity contribution in [2.75, 3.05) is 9.80 Å². The summed E-state index contributed by atoms with van der Waals surface area (Å²) in [6.45, 7) is 0. The number of anilines is 2. The zero-order chi connectivity index (χ0) is 51.3. The molecule has 0 saturated carbocycles. The van der Waals surface area contributed by atoms with E-state index in [1.54, 1.807) is 24.3 Å². The minimum atomic E-state index is -0.888. The number of benzene rings is 9. The van der Waals surface area contributed by atoms with E-state index in [9.17, 15) is 0 Å². The third-order valence-electron chi connectivity index (χ3n) is 15.4. The number of hydrogen-bond donors (Lipinski definition) is 0. The molecule has 2 aliphatic heterocycles. The van der Waals surface area contributed by atoms with E-state index in [1.807, 2.05) is 194 Å². The Morgan fingerprint density at radius 3 is 0.526 bits per heavy atom. The maximum atomic E-state index is 15.7. The molecule has 6 heteroatoms. The van der Waals surface area contributed by atoms with Gasteiger partial charge in [0.2, 0.25) is 23.6 Å². The van der Waals surface area contributed by atoms with Crippen LogP contribution in [0.5, 0.6) is 0 Å². The number of carbonyl (C=O) groups excluding carboxylic acids is 4. The first-order valence-electron chi connectivity index (χ1n) is 25.7. The van der Waals surface area contributed by atoms with Gasteiger partial charge < -0.3 is 0 Å². The zero-order valence-corrected chi connectivity index (χ0v) is 41.2. The van der Waals surface area contributed by atoms with Crippen LogP contribution >= 0.6 is 0 Å². The van der Waals surface area contributed by atoms with Crippen LogP contribution in [0, 0.1) is 23.7 Å². The topological polar surface area (TPSA) is 74.8 Å². The summed E-state index contributed by atoms with van der Waals surface area (Å²) in [6, 6.07) is 87.0. The zero-order valence-electron chi connectivity index (χ0n) is 41.2. The number of amides is 4. The molecule has 4 unspecified atom stereocenters. The van der Waals surface area contributed by atoms with Gasteiger partial charge in [-0.3, -0.25) is 19.2 Å². The molecule has 4 atom stereocenters. The Balaban J connectivity index is 0.969. The van der Waals surface area contributed by atoms with Crippen LogP contribution in [-0.2, 0) is 19.2 Å². The van der Waals surface area contributed by atoms with Gasteiger partial charge in [0.05, 0.1) is 35.0 Å². The van der Waals surface area contributed by atoms with E-state index in [-0.39, 0.29) is 23.6 Å². The average Bonchev–Trinajstić information content (AvgIpc) is 3.92. The molecular weight excluding hydrogens is 933 g/mol. The number of rotatable bonds is 10. The molecule has 4 amide bonds. The smallest absolute Gasteiger partial charge is 0.242 e.